The normalized spacial score (nSPS) is 11.2. The molecule has 0 atom stereocenters. The van der Waals surface area contributed by atoms with E-state index in [9.17, 15) is 0 Å². The van der Waals surface area contributed by atoms with E-state index in [1.54, 1.807) is 0 Å². The lowest BCUT2D eigenvalue weighted by molar-refractivity contribution is 0.638. The van der Waals surface area contributed by atoms with Crippen molar-refractivity contribution in [3.8, 4) is 0 Å². The first kappa shape index (κ1) is 20.5. The molecule has 4 heteroatoms. The molecule has 0 bridgehead atoms. The van der Waals surface area contributed by atoms with Crippen molar-refractivity contribution in [1.82, 2.24) is 0 Å². The third-order valence-corrected chi connectivity index (χ3v) is 6.21. The number of fused-ring (bicyclic) bond motifs is 7. The van der Waals surface area contributed by atoms with Crippen molar-refractivity contribution in [2.75, 3.05) is 5.09 Å². The van der Waals surface area contributed by atoms with Crippen molar-refractivity contribution in [2.24, 2.45) is 0 Å². The van der Waals surface area contributed by atoms with E-state index in [2.05, 4.69) is 106 Å². The molecule has 4 aromatic carbocycles. The quantitative estimate of drug-likeness (QED) is 0.311. The lowest BCUT2D eigenvalue weighted by Gasteiger charge is -2.05. The summed E-state index contributed by atoms with van der Waals surface area (Å²) in [6.07, 6.45) is 1.25. The van der Waals surface area contributed by atoms with Gasteiger partial charge in [-0.1, -0.05) is 80.9 Å². The molecular weight excluding hydrogens is 389 g/mol. The van der Waals surface area contributed by atoms with Crippen LogP contribution in [-0.4, -0.2) is 6.04 Å². The Bertz CT molecular complexity index is 1260. The topological polar surface area (TPSA) is 38.3 Å². The summed E-state index contributed by atoms with van der Waals surface area (Å²) in [4.78, 5) is 0. The minimum atomic E-state index is -1.27. The van der Waals surface area contributed by atoms with Crippen LogP contribution >= 0.6 is 8.16 Å². The SMILES string of the molecule is CC(C)Np1oc2ccc3ccccc3c2c2c(ccc3ccccc32)o1.CCC. The molecule has 30 heavy (non-hydrogen) atoms. The van der Waals surface area contributed by atoms with E-state index in [1.807, 2.05) is 0 Å². The zero-order valence-electron chi connectivity index (χ0n) is 18.0. The fourth-order valence-corrected chi connectivity index (χ4v) is 4.86. The van der Waals surface area contributed by atoms with Gasteiger partial charge in [-0.2, -0.15) is 0 Å². The molecule has 0 aliphatic rings. The Morgan fingerprint density at radius 1 is 0.700 bits per heavy atom. The molecule has 3 nitrogen and oxygen atoms in total. The second kappa shape index (κ2) is 8.95. The molecule has 0 radical (unpaired) electrons. The van der Waals surface area contributed by atoms with Crippen LogP contribution < -0.4 is 5.09 Å². The maximum absolute atomic E-state index is 6.34. The Morgan fingerprint density at radius 2 is 1.13 bits per heavy atom. The van der Waals surface area contributed by atoms with Crippen LogP contribution in [0.4, 0.5) is 0 Å². The van der Waals surface area contributed by atoms with Crippen molar-refractivity contribution >= 4 is 51.6 Å². The lowest BCUT2D eigenvalue weighted by atomic mass is 9.99. The van der Waals surface area contributed by atoms with E-state index in [0.717, 1.165) is 21.9 Å². The molecule has 1 aromatic heterocycles. The highest BCUT2D eigenvalue weighted by molar-refractivity contribution is 7.38. The molecule has 5 rings (SSSR count). The Labute approximate surface area is 178 Å². The number of benzene rings is 4. The molecular formula is C26H28NO2P. The molecule has 5 aromatic rings. The van der Waals surface area contributed by atoms with Crippen molar-refractivity contribution in [3.05, 3.63) is 72.8 Å². The van der Waals surface area contributed by atoms with Gasteiger partial charge in [0.25, 0.3) is 0 Å². The zero-order chi connectivity index (χ0) is 21.1. The molecule has 0 fully saturated rings. The number of hydrogen-bond acceptors (Lipinski definition) is 3. The van der Waals surface area contributed by atoms with Crippen molar-refractivity contribution in [3.63, 3.8) is 0 Å². The zero-order valence-corrected chi connectivity index (χ0v) is 18.9. The van der Waals surface area contributed by atoms with Crippen molar-refractivity contribution < 1.29 is 8.39 Å². The maximum atomic E-state index is 6.34. The van der Waals surface area contributed by atoms with Gasteiger partial charge >= 0.3 is 8.16 Å². The molecule has 154 valence electrons. The first-order chi connectivity index (χ1) is 14.6. The highest BCUT2D eigenvalue weighted by Crippen LogP contribution is 2.40. The average molecular weight is 417 g/mol. The van der Waals surface area contributed by atoms with Gasteiger partial charge in [0.05, 0.1) is 0 Å². The fraction of sp³-hybridized carbons (Fsp3) is 0.231. The molecule has 1 heterocycles. The number of hydrogen-bond donors (Lipinski definition) is 1. The Hall–Kier alpha value is -2.74. The average Bonchev–Trinajstić information content (AvgIpc) is 2.90. The summed E-state index contributed by atoms with van der Waals surface area (Å²) in [5.74, 6) is 0. The molecule has 0 saturated heterocycles. The predicted molar refractivity (Wildman–Crippen MR) is 132 cm³/mol. The van der Waals surface area contributed by atoms with E-state index in [4.69, 9.17) is 8.39 Å². The first-order valence-electron chi connectivity index (χ1n) is 10.6. The van der Waals surface area contributed by atoms with Crippen LogP contribution in [0.5, 0.6) is 0 Å². The lowest BCUT2D eigenvalue weighted by Crippen LogP contribution is -2.05. The van der Waals surface area contributed by atoms with E-state index < -0.39 is 8.16 Å². The minimum Gasteiger partial charge on any atom is -0.408 e. The Kier molecular flexibility index (Phi) is 6.13. The van der Waals surface area contributed by atoms with Crippen LogP contribution in [0, 0.1) is 0 Å². The van der Waals surface area contributed by atoms with Gasteiger partial charge < -0.3 is 8.39 Å². The first-order valence-corrected chi connectivity index (χ1v) is 11.8. The highest BCUT2D eigenvalue weighted by atomic mass is 31.1. The molecule has 0 saturated carbocycles. The van der Waals surface area contributed by atoms with Crippen LogP contribution in [-0.2, 0) is 0 Å². The smallest absolute Gasteiger partial charge is 0.307 e. The number of rotatable bonds is 2. The summed E-state index contributed by atoms with van der Waals surface area (Å²) in [6.45, 7) is 8.45. The van der Waals surface area contributed by atoms with Crippen LogP contribution in [0.1, 0.15) is 34.1 Å². The molecule has 0 aliphatic carbocycles. The summed E-state index contributed by atoms with van der Waals surface area (Å²) < 4.78 is 12.7. The van der Waals surface area contributed by atoms with Crippen LogP contribution in [0.15, 0.2) is 81.2 Å². The van der Waals surface area contributed by atoms with Crippen molar-refractivity contribution in [1.29, 1.82) is 0 Å². The monoisotopic (exact) mass is 417 g/mol. The summed E-state index contributed by atoms with van der Waals surface area (Å²) in [5, 5.41) is 10.4. The van der Waals surface area contributed by atoms with Gasteiger partial charge in [-0.05, 0) is 47.5 Å². The van der Waals surface area contributed by atoms with E-state index in [1.165, 1.54) is 28.0 Å². The number of nitrogens with one attached hydrogen (secondary N) is 1. The van der Waals surface area contributed by atoms with Crippen LogP contribution in [0.3, 0.4) is 0 Å². The van der Waals surface area contributed by atoms with Gasteiger partial charge in [-0.15, -0.1) is 0 Å². The Morgan fingerprint density at radius 3 is 1.57 bits per heavy atom. The Balaban J connectivity index is 0.000000687. The summed E-state index contributed by atoms with van der Waals surface area (Å²) in [6, 6.07) is 25.5. The summed E-state index contributed by atoms with van der Waals surface area (Å²) in [7, 11) is -1.27. The van der Waals surface area contributed by atoms with E-state index in [-0.39, 0.29) is 6.04 Å². The molecule has 0 spiro atoms. The second-order valence-electron chi connectivity index (χ2n) is 7.75. The summed E-state index contributed by atoms with van der Waals surface area (Å²) in [5.41, 5.74) is 1.73. The largest absolute Gasteiger partial charge is 0.408 e. The van der Waals surface area contributed by atoms with Gasteiger partial charge in [-0.3, -0.25) is 0 Å². The molecule has 0 aliphatic heterocycles. The maximum Gasteiger partial charge on any atom is 0.307 e. The highest BCUT2D eigenvalue weighted by Gasteiger charge is 2.12. The van der Waals surface area contributed by atoms with Crippen LogP contribution in [0.25, 0.3) is 43.5 Å². The summed E-state index contributed by atoms with van der Waals surface area (Å²) >= 11 is 0. The third kappa shape index (κ3) is 3.96. The van der Waals surface area contributed by atoms with Crippen molar-refractivity contribution in [2.45, 2.75) is 40.2 Å². The van der Waals surface area contributed by atoms with Gasteiger partial charge in [0, 0.05) is 16.8 Å². The fourth-order valence-electron chi connectivity index (χ4n) is 3.63. The standard InChI is InChI=1S/C23H20NO2P.C3H8/c1-15(2)24-27-25-20-13-11-16-7-3-5-9-18(16)22(20)23-19-10-6-4-8-17(19)12-14-21(23)26-27;1-3-2/h3-15,24H,1-2H3;3H2,1-2H3. The van der Waals surface area contributed by atoms with Gasteiger partial charge in [0.1, 0.15) is 11.2 Å². The van der Waals surface area contributed by atoms with E-state index in [0.29, 0.717) is 0 Å². The van der Waals surface area contributed by atoms with E-state index >= 15 is 0 Å². The molecule has 0 unspecified atom stereocenters. The van der Waals surface area contributed by atoms with Gasteiger partial charge in [0.2, 0.25) is 0 Å². The minimum absolute atomic E-state index is 0.266. The molecule has 1 N–H and O–H groups in total. The predicted octanol–water partition coefficient (Wildman–Crippen LogP) is 8.96. The van der Waals surface area contributed by atoms with Crippen LogP contribution in [0.2, 0.25) is 0 Å². The van der Waals surface area contributed by atoms with Gasteiger partial charge in [0.15, 0.2) is 0 Å². The van der Waals surface area contributed by atoms with Gasteiger partial charge in [-0.25, -0.2) is 5.09 Å². The third-order valence-electron chi connectivity index (χ3n) is 4.76. The molecule has 0 amide bonds. The second-order valence-corrected chi connectivity index (χ2v) is 8.89.